The third kappa shape index (κ3) is 3.87. The van der Waals surface area contributed by atoms with Gasteiger partial charge in [0.05, 0.1) is 13.1 Å². The summed E-state index contributed by atoms with van der Waals surface area (Å²) in [6.45, 7) is 3.02. The van der Waals surface area contributed by atoms with Gasteiger partial charge in [-0.3, -0.25) is 9.69 Å². The maximum Gasteiger partial charge on any atom is 0.317 e. The zero-order valence-corrected chi connectivity index (χ0v) is 11.4. The van der Waals surface area contributed by atoms with Gasteiger partial charge in [0.2, 0.25) is 11.7 Å². The summed E-state index contributed by atoms with van der Waals surface area (Å²) in [6, 6.07) is 1.92. The van der Waals surface area contributed by atoms with Crippen molar-refractivity contribution in [3.05, 3.63) is 22.7 Å². The van der Waals surface area contributed by atoms with Crippen molar-refractivity contribution < 1.29 is 14.4 Å². The molecule has 19 heavy (non-hydrogen) atoms. The summed E-state index contributed by atoms with van der Waals surface area (Å²) in [6.07, 6.45) is 0.874. The number of aliphatic carboxylic acids is 1. The molecule has 0 spiro atoms. The topological polar surface area (TPSA) is 79.5 Å². The lowest BCUT2D eigenvalue weighted by atomic mass is 10.3. The first kappa shape index (κ1) is 13.7. The van der Waals surface area contributed by atoms with Crippen LogP contribution in [-0.4, -0.2) is 39.2 Å². The maximum atomic E-state index is 10.8. The van der Waals surface area contributed by atoms with Crippen molar-refractivity contribution in [3.63, 3.8) is 0 Å². The number of thiophene rings is 1. The highest BCUT2D eigenvalue weighted by molar-refractivity contribution is 7.08. The van der Waals surface area contributed by atoms with Crippen LogP contribution in [0.1, 0.15) is 19.2 Å². The van der Waals surface area contributed by atoms with E-state index in [1.54, 1.807) is 16.2 Å². The molecule has 2 rings (SSSR count). The van der Waals surface area contributed by atoms with Crippen LogP contribution in [0.2, 0.25) is 0 Å². The van der Waals surface area contributed by atoms with Crippen molar-refractivity contribution in [3.8, 4) is 11.4 Å². The minimum absolute atomic E-state index is 0.0238. The van der Waals surface area contributed by atoms with E-state index in [0.29, 0.717) is 24.8 Å². The van der Waals surface area contributed by atoms with Crippen LogP contribution in [0.15, 0.2) is 21.3 Å². The zero-order valence-electron chi connectivity index (χ0n) is 10.6. The van der Waals surface area contributed by atoms with Gasteiger partial charge in [-0.15, -0.1) is 0 Å². The Labute approximate surface area is 114 Å². The molecule has 2 aromatic heterocycles. The Balaban J connectivity index is 2.03. The fourth-order valence-electron chi connectivity index (χ4n) is 1.74. The Morgan fingerprint density at radius 2 is 2.42 bits per heavy atom. The van der Waals surface area contributed by atoms with Crippen LogP contribution in [0, 0.1) is 0 Å². The van der Waals surface area contributed by atoms with Gasteiger partial charge in [-0.05, 0) is 24.4 Å². The van der Waals surface area contributed by atoms with Crippen molar-refractivity contribution in [1.82, 2.24) is 15.0 Å². The van der Waals surface area contributed by atoms with Crippen molar-refractivity contribution in [2.75, 3.05) is 13.1 Å². The smallest absolute Gasteiger partial charge is 0.317 e. The number of carboxylic acids is 1. The van der Waals surface area contributed by atoms with Gasteiger partial charge >= 0.3 is 5.97 Å². The normalized spacial score (nSPS) is 11.1. The molecule has 2 heterocycles. The summed E-state index contributed by atoms with van der Waals surface area (Å²) in [5, 5.41) is 16.6. The van der Waals surface area contributed by atoms with E-state index in [2.05, 4.69) is 10.1 Å². The molecule has 102 valence electrons. The fourth-order valence-corrected chi connectivity index (χ4v) is 2.38. The quantitative estimate of drug-likeness (QED) is 0.837. The van der Waals surface area contributed by atoms with Gasteiger partial charge in [-0.2, -0.15) is 16.3 Å². The van der Waals surface area contributed by atoms with Gasteiger partial charge in [0.1, 0.15) is 0 Å². The van der Waals surface area contributed by atoms with Crippen LogP contribution in [0.3, 0.4) is 0 Å². The molecule has 0 aliphatic rings. The second-order valence-electron chi connectivity index (χ2n) is 4.13. The van der Waals surface area contributed by atoms with Crippen LogP contribution in [0.5, 0.6) is 0 Å². The number of carboxylic acid groups (broad SMARTS) is 1. The summed E-state index contributed by atoms with van der Waals surface area (Å²) < 4.78 is 5.16. The number of rotatable bonds is 7. The van der Waals surface area contributed by atoms with Crippen LogP contribution >= 0.6 is 11.3 Å². The van der Waals surface area contributed by atoms with Gasteiger partial charge < -0.3 is 9.63 Å². The highest BCUT2D eigenvalue weighted by atomic mass is 32.1. The molecule has 0 bridgehead atoms. The van der Waals surface area contributed by atoms with Crippen molar-refractivity contribution >= 4 is 17.3 Å². The van der Waals surface area contributed by atoms with Gasteiger partial charge in [-0.1, -0.05) is 12.1 Å². The van der Waals surface area contributed by atoms with Crippen LogP contribution in [-0.2, 0) is 11.3 Å². The molecule has 0 aliphatic heterocycles. The van der Waals surface area contributed by atoms with E-state index in [-0.39, 0.29) is 6.54 Å². The summed E-state index contributed by atoms with van der Waals surface area (Å²) >= 11 is 1.56. The monoisotopic (exact) mass is 281 g/mol. The highest BCUT2D eigenvalue weighted by Crippen LogP contribution is 2.19. The molecule has 0 unspecified atom stereocenters. The molecule has 0 radical (unpaired) electrons. The summed E-state index contributed by atoms with van der Waals surface area (Å²) in [5.74, 6) is 0.130. The summed E-state index contributed by atoms with van der Waals surface area (Å²) in [7, 11) is 0. The van der Waals surface area contributed by atoms with E-state index in [0.717, 1.165) is 12.0 Å². The molecule has 1 N–H and O–H groups in total. The Morgan fingerprint density at radius 1 is 1.58 bits per heavy atom. The second-order valence-corrected chi connectivity index (χ2v) is 4.91. The predicted molar refractivity (Wildman–Crippen MR) is 70.8 cm³/mol. The van der Waals surface area contributed by atoms with E-state index >= 15 is 0 Å². The molecular formula is C12H15N3O3S. The average molecular weight is 281 g/mol. The van der Waals surface area contributed by atoms with Crippen molar-refractivity contribution in [1.29, 1.82) is 0 Å². The van der Waals surface area contributed by atoms with E-state index < -0.39 is 5.97 Å². The Kier molecular flexibility index (Phi) is 4.64. The average Bonchev–Trinajstić information content (AvgIpc) is 2.97. The third-order valence-corrected chi connectivity index (χ3v) is 3.19. The molecule has 0 fully saturated rings. The maximum absolute atomic E-state index is 10.8. The number of aromatic nitrogens is 2. The van der Waals surface area contributed by atoms with Crippen molar-refractivity contribution in [2.24, 2.45) is 0 Å². The van der Waals surface area contributed by atoms with E-state index in [1.165, 1.54) is 0 Å². The first-order chi connectivity index (χ1) is 9.19. The SMILES string of the molecule is CCCN(CC(=O)O)Cc1nc(-c2ccsc2)no1. The summed E-state index contributed by atoms with van der Waals surface area (Å²) in [5.41, 5.74) is 0.917. The molecule has 0 aromatic carbocycles. The molecule has 0 saturated heterocycles. The van der Waals surface area contributed by atoms with E-state index in [4.69, 9.17) is 9.63 Å². The highest BCUT2D eigenvalue weighted by Gasteiger charge is 2.14. The lowest BCUT2D eigenvalue weighted by Gasteiger charge is -2.16. The van der Waals surface area contributed by atoms with Crippen LogP contribution in [0.25, 0.3) is 11.4 Å². The Hall–Kier alpha value is -1.73. The fraction of sp³-hybridized carbons (Fsp3) is 0.417. The molecule has 0 amide bonds. The number of hydrogen-bond donors (Lipinski definition) is 1. The van der Waals surface area contributed by atoms with Crippen LogP contribution < -0.4 is 0 Å². The van der Waals surface area contributed by atoms with Gasteiger partial charge in [-0.25, -0.2) is 0 Å². The molecule has 0 atom stereocenters. The molecule has 0 saturated carbocycles. The van der Waals surface area contributed by atoms with Crippen molar-refractivity contribution in [2.45, 2.75) is 19.9 Å². The minimum atomic E-state index is -0.856. The van der Waals surface area contributed by atoms with E-state index in [9.17, 15) is 4.79 Å². The number of nitrogens with zero attached hydrogens (tertiary/aromatic N) is 3. The standard InChI is InChI=1S/C12H15N3O3S/c1-2-4-15(7-11(16)17)6-10-13-12(14-18-10)9-3-5-19-8-9/h3,5,8H,2,4,6-7H2,1H3,(H,16,17). The second kappa shape index (κ2) is 6.44. The molecule has 2 aromatic rings. The minimum Gasteiger partial charge on any atom is -0.480 e. The molecule has 6 nitrogen and oxygen atoms in total. The van der Waals surface area contributed by atoms with E-state index in [1.807, 2.05) is 23.8 Å². The van der Waals surface area contributed by atoms with Crippen LogP contribution in [0.4, 0.5) is 0 Å². The predicted octanol–water partition coefficient (Wildman–Crippen LogP) is 2.09. The molecule has 0 aliphatic carbocycles. The Bertz CT molecular complexity index is 524. The molecule has 7 heteroatoms. The largest absolute Gasteiger partial charge is 0.480 e. The number of carbonyl (C=O) groups is 1. The number of hydrogen-bond acceptors (Lipinski definition) is 6. The summed E-state index contributed by atoms with van der Waals surface area (Å²) in [4.78, 5) is 16.8. The zero-order chi connectivity index (χ0) is 13.7. The third-order valence-electron chi connectivity index (χ3n) is 2.51. The Morgan fingerprint density at radius 3 is 3.05 bits per heavy atom. The first-order valence-electron chi connectivity index (χ1n) is 5.98. The lowest BCUT2D eigenvalue weighted by molar-refractivity contribution is -0.138. The molecular weight excluding hydrogens is 266 g/mol. The first-order valence-corrected chi connectivity index (χ1v) is 6.92. The van der Waals surface area contributed by atoms with Gasteiger partial charge in [0.15, 0.2) is 0 Å². The lowest BCUT2D eigenvalue weighted by Crippen LogP contribution is -2.30. The van der Waals surface area contributed by atoms with Gasteiger partial charge in [0.25, 0.3) is 0 Å². The van der Waals surface area contributed by atoms with Gasteiger partial charge in [0, 0.05) is 10.9 Å².